The summed E-state index contributed by atoms with van der Waals surface area (Å²) in [6.45, 7) is 0.473. The van der Waals surface area contributed by atoms with E-state index in [1.807, 2.05) is 36.5 Å². The van der Waals surface area contributed by atoms with Crippen molar-refractivity contribution < 1.29 is 4.42 Å². The van der Waals surface area contributed by atoms with E-state index in [9.17, 15) is 0 Å². The van der Waals surface area contributed by atoms with Gasteiger partial charge in [0, 0.05) is 17.6 Å². The lowest BCUT2D eigenvalue weighted by Crippen LogP contribution is -2.00. The number of benzene rings is 1. The highest BCUT2D eigenvalue weighted by Gasteiger charge is 2.08. The van der Waals surface area contributed by atoms with Gasteiger partial charge in [-0.05, 0) is 12.8 Å². The van der Waals surface area contributed by atoms with Crippen LogP contribution in [0.5, 0.6) is 0 Å². The first-order chi connectivity index (χ1) is 10.3. The maximum Gasteiger partial charge on any atom is 0.216 e. The Hall–Kier alpha value is -2.14. The van der Waals surface area contributed by atoms with Crippen LogP contribution in [-0.4, -0.2) is 25.9 Å². The molecule has 3 rings (SSSR count). The van der Waals surface area contributed by atoms with Gasteiger partial charge < -0.3 is 4.42 Å². The summed E-state index contributed by atoms with van der Waals surface area (Å²) in [7, 11) is 0. The Morgan fingerprint density at radius 1 is 1.19 bits per heavy atom. The summed E-state index contributed by atoms with van der Waals surface area (Å²) >= 11 is 5.67. The molecule has 0 fully saturated rings. The van der Waals surface area contributed by atoms with Crippen LogP contribution in [-0.2, 0) is 13.0 Å². The monoisotopic (exact) mass is 302 g/mol. The second-order valence-electron chi connectivity index (χ2n) is 4.68. The van der Waals surface area contributed by atoms with Crippen molar-refractivity contribution in [2.45, 2.75) is 19.4 Å². The second-order valence-corrected chi connectivity index (χ2v) is 5.06. The first-order valence-corrected chi connectivity index (χ1v) is 7.34. The lowest BCUT2D eigenvalue weighted by atomic mass is 10.2. The number of hydrogen-bond acceptors (Lipinski definition) is 4. The molecule has 0 unspecified atom stereocenters. The van der Waals surface area contributed by atoms with Crippen LogP contribution in [0.3, 0.4) is 0 Å². The van der Waals surface area contributed by atoms with E-state index in [2.05, 4.69) is 15.3 Å². The molecule has 0 aliphatic rings. The van der Waals surface area contributed by atoms with Crippen LogP contribution in [0, 0.1) is 0 Å². The minimum atomic E-state index is 0.473. The molecule has 21 heavy (non-hydrogen) atoms. The molecular weight excluding hydrogens is 288 g/mol. The number of hydrogen-bond donors (Lipinski definition) is 0. The quantitative estimate of drug-likeness (QED) is 0.656. The third-order valence-electron chi connectivity index (χ3n) is 3.06. The van der Waals surface area contributed by atoms with Crippen LogP contribution >= 0.6 is 11.6 Å². The summed E-state index contributed by atoms with van der Waals surface area (Å²) in [5.41, 5.74) is 1.95. The van der Waals surface area contributed by atoms with Gasteiger partial charge in [-0.1, -0.05) is 35.5 Å². The fourth-order valence-electron chi connectivity index (χ4n) is 2.04. The smallest absolute Gasteiger partial charge is 0.216 e. The Morgan fingerprint density at radius 2 is 2.05 bits per heavy atom. The van der Waals surface area contributed by atoms with Crippen LogP contribution in [0.25, 0.3) is 11.3 Å². The average molecular weight is 303 g/mol. The molecule has 0 saturated carbocycles. The van der Waals surface area contributed by atoms with Gasteiger partial charge in [-0.2, -0.15) is 0 Å². The Kier molecular flexibility index (Phi) is 4.31. The lowest BCUT2D eigenvalue weighted by Gasteiger charge is -1.96. The van der Waals surface area contributed by atoms with Crippen LogP contribution in [0.15, 0.2) is 47.1 Å². The number of aryl methyl sites for hydroxylation is 1. The fourth-order valence-corrected chi connectivity index (χ4v) is 2.17. The van der Waals surface area contributed by atoms with Crippen molar-refractivity contribution in [3.05, 3.63) is 54.3 Å². The zero-order valence-corrected chi connectivity index (χ0v) is 12.2. The fraction of sp³-hybridized carbons (Fsp3) is 0.267. The summed E-state index contributed by atoms with van der Waals surface area (Å²) in [5, 5.41) is 8.17. The van der Waals surface area contributed by atoms with Gasteiger partial charge in [0.25, 0.3) is 0 Å². The molecule has 0 bridgehead atoms. The average Bonchev–Trinajstić information content (AvgIpc) is 3.16. The van der Waals surface area contributed by atoms with Gasteiger partial charge >= 0.3 is 0 Å². The molecule has 2 heterocycles. The van der Waals surface area contributed by atoms with Crippen LogP contribution in [0.2, 0.25) is 0 Å². The van der Waals surface area contributed by atoms with Crippen molar-refractivity contribution >= 4 is 11.6 Å². The molecule has 6 heteroatoms. The minimum absolute atomic E-state index is 0.473. The molecule has 5 nitrogen and oxygen atoms in total. The predicted octanol–water partition coefficient (Wildman–Crippen LogP) is 3.15. The molecule has 0 aliphatic heterocycles. The Labute approximate surface area is 127 Å². The van der Waals surface area contributed by atoms with E-state index in [1.165, 1.54) is 0 Å². The zero-order chi connectivity index (χ0) is 14.5. The first-order valence-electron chi connectivity index (χ1n) is 6.80. The van der Waals surface area contributed by atoms with Gasteiger partial charge in [0.1, 0.15) is 6.54 Å². The van der Waals surface area contributed by atoms with Crippen LogP contribution in [0.1, 0.15) is 18.0 Å². The van der Waals surface area contributed by atoms with Crippen molar-refractivity contribution in [2.24, 2.45) is 0 Å². The van der Waals surface area contributed by atoms with Gasteiger partial charge in [-0.25, -0.2) is 9.67 Å². The van der Waals surface area contributed by atoms with E-state index in [0.29, 0.717) is 18.3 Å². The highest BCUT2D eigenvalue weighted by Crippen LogP contribution is 2.19. The van der Waals surface area contributed by atoms with Crippen molar-refractivity contribution in [2.75, 3.05) is 5.88 Å². The number of alkyl halides is 1. The molecule has 0 N–H and O–H groups in total. The van der Waals surface area contributed by atoms with Crippen LogP contribution < -0.4 is 0 Å². The van der Waals surface area contributed by atoms with E-state index < -0.39 is 0 Å². The van der Waals surface area contributed by atoms with Gasteiger partial charge in [0.05, 0.1) is 11.9 Å². The minimum Gasteiger partial charge on any atom is -0.439 e. The molecule has 0 spiro atoms. The number of rotatable bonds is 6. The highest BCUT2D eigenvalue weighted by atomic mass is 35.5. The molecule has 1 aromatic carbocycles. The SMILES string of the molecule is ClCCCc1cn(Cc2ncc(-c3ccccc3)o2)nn1. The van der Waals surface area contributed by atoms with E-state index in [1.54, 1.807) is 10.9 Å². The molecule has 0 amide bonds. The van der Waals surface area contributed by atoms with Gasteiger partial charge in [-0.15, -0.1) is 16.7 Å². The Balaban J connectivity index is 1.68. The third kappa shape index (κ3) is 3.49. The highest BCUT2D eigenvalue weighted by molar-refractivity contribution is 6.17. The molecular formula is C15H15ClN4O. The van der Waals surface area contributed by atoms with E-state index in [4.69, 9.17) is 16.0 Å². The summed E-state index contributed by atoms with van der Waals surface area (Å²) in [6, 6.07) is 9.89. The van der Waals surface area contributed by atoms with Crippen molar-refractivity contribution in [3.8, 4) is 11.3 Å². The van der Waals surface area contributed by atoms with Crippen molar-refractivity contribution in [1.29, 1.82) is 0 Å². The predicted molar refractivity (Wildman–Crippen MR) is 80.1 cm³/mol. The van der Waals surface area contributed by atoms with E-state index in [0.717, 1.165) is 29.9 Å². The largest absolute Gasteiger partial charge is 0.439 e. The van der Waals surface area contributed by atoms with Gasteiger partial charge in [0.2, 0.25) is 5.89 Å². The first kappa shape index (κ1) is 13.8. The molecule has 0 saturated heterocycles. The van der Waals surface area contributed by atoms with Crippen molar-refractivity contribution in [1.82, 2.24) is 20.0 Å². The molecule has 0 atom stereocenters. The van der Waals surface area contributed by atoms with Crippen molar-refractivity contribution in [3.63, 3.8) is 0 Å². The maximum atomic E-state index is 5.74. The molecule has 2 aromatic heterocycles. The Morgan fingerprint density at radius 3 is 2.86 bits per heavy atom. The number of oxazole rings is 1. The molecule has 0 radical (unpaired) electrons. The second kappa shape index (κ2) is 6.54. The molecule has 3 aromatic rings. The van der Waals surface area contributed by atoms with Crippen LogP contribution in [0.4, 0.5) is 0 Å². The lowest BCUT2D eigenvalue weighted by molar-refractivity contribution is 0.469. The summed E-state index contributed by atoms with van der Waals surface area (Å²) in [4.78, 5) is 4.28. The zero-order valence-electron chi connectivity index (χ0n) is 11.4. The van der Waals surface area contributed by atoms with Gasteiger partial charge in [0.15, 0.2) is 5.76 Å². The number of nitrogens with zero attached hydrogens (tertiary/aromatic N) is 4. The topological polar surface area (TPSA) is 56.7 Å². The van der Waals surface area contributed by atoms with E-state index >= 15 is 0 Å². The van der Waals surface area contributed by atoms with Gasteiger partial charge in [-0.3, -0.25) is 0 Å². The van der Waals surface area contributed by atoms with E-state index in [-0.39, 0.29) is 0 Å². The number of halogens is 1. The third-order valence-corrected chi connectivity index (χ3v) is 3.33. The standard InChI is InChI=1S/C15H15ClN4O/c16-8-4-7-13-10-20(19-18-13)11-15-17-9-14(21-15)12-5-2-1-3-6-12/h1-3,5-6,9-10H,4,7-8,11H2. The maximum absolute atomic E-state index is 5.74. The molecule has 0 aliphatic carbocycles. The Bertz CT molecular complexity index is 693. The summed E-state index contributed by atoms with van der Waals surface area (Å²) < 4.78 is 7.47. The normalized spacial score (nSPS) is 10.9. The summed E-state index contributed by atoms with van der Waals surface area (Å²) in [5.74, 6) is 2.00. The number of aromatic nitrogens is 4. The molecule has 108 valence electrons. The summed E-state index contributed by atoms with van der Waals surface area (Å²) in [6.07, 6.45) is 5.37.